The first kappa shape index (κ1) is 14.9. The smallest absolute Gasteiger partial charge is 0.305 e. The molecule has 0 bridgehead atoms. The van der Waals surface area contributed by atoms with E-state index in [1.165, 1.54) is 5.56 Å². The van der Waals surface area contributed by atoms with Crippen LogP contribution in [0.2, 0.25) is 0 Å². The Bertz CT molecular complexity index is 459. The number of esters is 1. The van der Waals surface area contributed by atoms with Crippen LogP contribution in [-0.2, 0) is 16.0 Å². The summed E-state index contributed by atoms with van der Waals surface area (Å²) in [5.41, 5.74) is 8.62. The van der Waals surface area contributed by atoms with E-state index in [4.69, 9.17) is 15.2 Å². The molecule has 20 heavy (non-hydrogen) atoms. The van der Waals surface area contributed by atoms with Crippen LogP contribution in [0.5, 0.6) is 5.75 Å². The highest BCUT2D eigenvalue weighted by atomic mass is 16.5. The molecule has 0 saturated carbocycles. The van der Waals surface area contributed by atoms with Crippen LogP contribution in [0.25, 0.3) is 0 Å². The maximum Gasteiger partial charge on any atom is 0.305 e. The molecule has 1 aliphatic rings. The Morgan fingerprint density at radius 2 is 2.30 bits per heavy atom. The van der Waals surface area contributed by atoms with Crippen LogP contribution in [0.15, 0.2) is 18.2 Å². The summed E-state index contributed by atoms with van der Waals surface area (Å²) in [6.45, 7) is 3.05. The quantitative estimate of drug-likeness (QED) is 0.615. The predicted octanol–water partition coefficient (Wildman–Crippen LogP) is 2.74. The molecule has 4 heteroatoms. The number of benzene rings is 1. The zero-order valence-corrected chi connectivity index (χ0v) is 12.1. The van der Waals surface area contributed by atoms with Crippen molar-refractivity contribution in [2.45, 2.75) is 45.1 Å². The lowest BCUT2D eigenvalue weighted by Crippen LogP contribution is -2.11. The number of nitrogens with two attached hydrogens (primary N) is 1. The molecule has 0 spiro atoms. The lowest BCUT2D eigenvalue weighted by Gasteiger charge is -2.13. The molecule has 2 rings (SSSR count). The van der Waals surface area contributed by atoms with Crippen LogP contribution in [0.3, 0.4) is 0 Å². The van der Waals surface area contributed by atoms with Crippen LogP contribution in [0, 0.1) is 0 Å². The van der Waals surface area contributed by atoms with Gasteiger partial charge in [-0.2, -0.15) is 0 Å². The van der Waals surface area contributed by atoms with Crippen LogP contribution in [-0.4, -0.2) is 19.2 Å². The molecule has 1 aliphatic heterocycles. The zero-order valence-electron chi connectivity index (χ0n) is 12.1. The molecule has 1 aromatic carbocycles. The Hall–Kier alpha value is -1.55. The molecule has 4 nitrogen and oxygen atoms in total. The summed E-state index contributed by atoms with van der Waals surface area (Å²) in [5, 5.41) is 0. The van der Waals surface area contributed by atoms with Crippen molar-refractivity contribution >= 4 is 5.97 Å². The average molecular weight is 277 g/mol. The van der Waals surface area contributed by atoms with Gasteiger partial charge in [0.25, 0.3) is 0 Å². The van der Waals surface area contributed by atoms with Gasteiger partial charge in [0, 0.05) is 18.9 Å². The Kier molecular flexibility index (Phi) is 5.41. The highest BCUT2D eigenvalue weighted by Gasteiger charge is 2.14. The van der Waals surface area contributed by atoms with E-state index >= 15 is 0 Å². The SMILES string of the molecule is CCOC(=O)CCCCC(N)c1ccc2c(c1)CCO2. The molecule has 0 aliphatic carbocycles. The molecule has 0 saturated heterocycles. The molecule has 0 amide bonds. The number of carbonyl (C=O) groups is 1. The first-order chi connectivity index (χ1) is 9.70. The van der Waals surface area contributed by atoms with Gasteiger partial charge < -0.3 is 15.2 Å². The summed E-state index contributed by atoms with van der Waals surface area (Å²) >= 11 is 0. The van der Waals surface area contributed by atoms with Gasteiger partial charge in [0.15, 0.2) is 0 Å². The number of fused-ring (bicyclic) bond motifs is 1. The summed E-state index contributed by atoms with van der Waals surface area (Å²) in [7, 11) is 0. The first-order valence-corrected chi connectivity index (χ1v) is 7.37. The van der Waals surface area contributed by atoms with Crippen molar-refractivity contribution in [2.24, 2.45) is 5.73 Å². The van der Waals surface area contributed by atoms with Crippen LogP contribution >= 0.6 is 0 Å². The third kappa shape index (κ3) is 3.97. The van der Waals surface area contributed by atoms with E-state index in [1.54, 1.807) is 0 Å². The van der Waals surface area contributed by atoms with Crippen molar-refractivity contribution in [1.29, 1.82) is 0 Å². The lowest BCUT2D eigenvalue weighted by molar-refractivity contribution is -0.143. The van der Waals surface area contributed by atoms with Crippen LogP contribution < -0.4 is 10.5 Å². The highest BCUT2D eigenvalue weighted by Crippen LogP contribution is 2.28. The minimum absolute atomic E-state index is 0.0306. The number of carbonyl (C=O) groups excluding carboxylic acids is 1. The first-order valence-electron chi connectivity index (χ1n) is 7.37. The third-order valence-corrected chi connectivity index (χ3v) is 3.59. The van der Waals surface area contributed by atoms with Crippen molar-refractivity contribution in [3.63, 3.8) is 0 Å². The standard InChI is InChI=1S/C16H23NO3/c1-2-19-16(18)6-4-3-5-14(17)12-7-8-15-13(11-12)9-10-20-15/h7-8,11,14H,2-6,9-10,17H2,1H3. The van der Waals surface area contributed by atoms with Gasteiger partial charge in [-0.15, -0.1) is 0 Å². The topological polar surface area (TPSA) is 61.5 Å². The molecule has 0 aromatic heterocycles. The fourth-order valence-corrected chi connectivity index (χ4v) is 2.47. The van der Waals surface area contributed by atoms with E-state index in [2.05, 4.69) is 6.07 Å². The van der Waals surface area contributed by atoms with Gasteiger partial charge in [-0.3, -0.25) is 4.79 Å². The van der Waals surface area contributed by atoms with Crippen molar-refractivity contribution in [3.05, 3.63) is 29.3 Å². The molecule has 0 radical (unpaired) electrons. The summed E-state index contributed by atoms with van der Waals surface area (Å²) in [5.74, 6) is 0.874. The normalized spacial score (nSPS) is 14.5. The zero-order chi connectivity index (χ0) is 14.4. The van der Waals surface area contributed by atoms with E-state index in [0.717, 1.165) is 43.6 Å². The minimum atomic E-state index is -0.115. The maximum atomic E-state index is 11.2. The molecule has 0 fully saturated rings. The van der Waals surface area contributed by atoms with E-state index < -0.39 is 0 Å². The summed E-state index contributed by atoms with van der Waals surface area (Å²) < 4.78 is 10.4. The number of unbranched alkanes of at least 4 members (excludes halogenated alkanes) is 1. The fraction of sp³-hybridized carbons (Fsp3) is 0.562. The molecule has 1 heterocycles. The van der Waals surface area contributed by atoms with Gasteiger partial charge in [-0.25, -0.2) is 0 Å². The molecule has 2 N–H and O–H groups in total. The van der Waals surface area contributed by atoms with Gasteiger partial charge in [0.1, 0.15) is 5.75 Å². The summed E-state index contributed by atoms with van der Waals surface area (Å²) in [4.78, 5) is 11.2. The number of ether oxygens (including phenoxy) is 2. The summed E-state index contributed by atoms with van der Waals surface area (Å²) in [6.07, 6.45) is 4.12. The minimum Gasteiger partial charge on any atom is -0.493 e. The molecular weight excluding hydrogens is 254 g/mol. The largest absolute Gasteiger partial charge is 0.493 e. The molecule has 1 aromatic rings. The van der Waals surface area contributed by atoms with E-state index in [-0.39, 0.29) is 12.0 Å². The van der Waals surface area contributed by atoms with Crippen molar-refractivity contribution in [1.82, 2.24) is 0 Å². The lowest BCUT2D eigenvalue weighted by atomic mass is 9.98. The molecule has 110 valence electrons. The van der Waals surface area contributed by atoms with Gasteiger partial charge in [-0.05, 0) is 37.0 Å². The predicted molar refractivity (Wildman–Crippen MR) is 77.7 cm³/mol. The van der Waals surface area contributed by atoms with E-state index in [1.807, 2.05) is 19.1 Å². The van der Waals surface area contributed by atoms with Crippen molar-refractivity contribution in [3.8, 4) is 5.75 Å². The number of hydrogen-bond acceptors (Lipinski definition) is 4. The Morgan fingerprint density at radius 1 is 1.45 bits per heavy atom. The third-order valence-electron chi connectivity index (χ3n) is 3.59. The Labute approximate surface area is 120 Å². The molecule has 1 atom stereocenters. The number of rotatable bonds is 7. The Morgan fingerprint density at radius 3 is 3.10 bits per heavy atom. The van der Waals surface area contributed by atoms with Gasteiger partial charge in [-0.1, -0.05) is 18.6 Å². The van der Waals surface area contributed by atoms with Gasteiger partial charge >= 0.3 is 5.97 Å². The van der Waals surface area contributed by atoms with Crippen LogP contribution in [0.1, 0.15) is 49.8 Å². The Balaban J connectivity index is 1.75. The number of hydrogen-bond donors (Lipinski definition) is 1. The second-order valence-electron chi connectivity index (χ2n) is 5.12. The van der Waals surface area contributed by atoms with Crippen molar-refractivity contribution < 1.29 is 14.3 Å². The maximum absolute atomic E-state index is 11.2. The van der Waals surface area contributed by atoms with Crippen LogP contribution in [0.4, 0.5) is 0 Å². The van der Waals surface area contributed by atoms with Crippen molar-refractivity contribution in [2.75, 3.05) is 13.2 Å². The second-order valence-corrected chi connectivity index (χ2v) is 5.12. The summed E-state index contributed by atoms with van der Waals surface area (Å²) in [6, 6.07) is 6.23. The van der Waals surface area contributed by atoms with Gasteiger partial charge in [0.05, 0.1) is 13.2 Å². The highest BCUT2D eigenvalue weighted by molar-refractivity contribution is 5.69. The average Bonchev–Trinajstić information content (AvgIpc) is 2.91. The fourth-order valence-electron chi connectivity index (χ4n) is 2.47. The monoisotopic (exact) mass is 277 g/mol. The molecular formula is C16H23NO3. The van der Waals surface area contributed by atoms with E-state index in [0.29, 0.717) is 13.0 Å². The molecule has 1 unspecified atom stereocenters. The van der Waals surface area contributed by atoms with E-state index in [9.17, 15) is 4.79 Å². The van der Waals surface area contributed by atoms with Gasteiger partial charge in [0.2, 0.25) is 0 Å². The second kappa shape index (κ2) is 7.29.